The number of halogens is 3. The first-order valence-corrected chi connectivity index (χ1v) is 8.59. The summed E-state index contributed by atoms with van der Waals surface area (Å²) in [6, 6.07) is 8.35. The van der Waals surface area contributed by atoms with Crippen LogP contribution in [0.1, 0.15) is 40.7 Å². The molecule has 7 heteroatoms. The Hall–Kier alpha value is -2.57. The van der Waals surface area contributed by atoms with Gasteiger partial charge in [0.25, 0.3) is 5.91 Å². The van der Waals surface area contributed by atoms with Crippen molar-refractivity contribution < 1.29 is 18.0 Å². The molecule has 3 rings (SSSR count). The van der Waals surface area contributed by atoms with Gasteiger partial charge in [-0.3, -0.25) is 4.79 Å². The summed E-state index contributed by atoms with van der Waals surface area (Å²) < 4.78 is 38.4. The summed E-state index contributed by atoms with van der Waals surface area (Å²) in [6.45, 7) is 1.73. The molecule has 4 nitrogen and oxygen atoms in total. The average molecular weight is 363 g/mol. The fourth-order valence-corrected chi connectivity index (χ4v) is 3.07. The molecule has 1 aromatic heterocycles. The largest absolute Gasteiger partial charge is 0.416 e. The zero-order valence-corrected chi connectivity index (χ0v) is 14.2. The minimum Gasteiger partial charge on any atom is -0.356 e. The Kier molecular flexibility index (Phi) is 5.44. The third kappa shape index (κ3) is 4.33. The molecule has 0 saturated carbocycles. The van der Waals surface area contributed by atoms with Gasteiger partial charge in [-0.1, -0.05) is 12.1 Å². The Morgan fingerprint density at radius 1 is 1.12 bits per heavy atom. The van der Waals surface area contributed by atoms with Gasteiger partial charge in [0.2, 0.25) is 0 Å². The maximum absolute atomic E-state index is 12.8. The van der Waals surface area contributed by atoms with E-state index in [2.05, 4.69) is 15.2 Å². The van der Waals surface area contributed by atoms with E-state index >= 15 is 0 Å². The summed E-state index contributed by atoms with van der Waals surface area (Å²) in [4.78, 5) is 19.0. The minimum atomic E-state index is -4.40. The third-order valence-electron chi connectivity index (χ3n) is 4.39. The standard InChI is InChI=1S/C19H20F3N3O/c20-19(21,22)15-7-4-6-14(12-15)13-24-18(26)16-8-5-9-23-17(16)25-10-2-1-3-11-25/h4-9,12H,1-3,10-11,13H2,(H,24,26). The molecule has 0 spiro atoms. The lowest BCUT2D eigenvalue weighted by Crippen LogP contribution is -2.33. The van der Waals surface area contributed by atoms with Crippen molar-refractivity contribution in [2.45, 2.75) is 32.0 Å². The van der Waals surface area contributed by atoms with Crippen LogP contribution in [0.25, 0.3) is 0 Å². The first kappa shape index (κ1) is 18.2. The second kappa shape index (κ2) is 7.76. The smallest absolute Gasteiger partial charge is 0.356 e. The van der Waals surface area contributed by atoms with E-state index in [1.54, 1.807) is 24.4 Å². The molecule has 1 aliphatic rings. The lowest BCUT2D eigenvalue weighted by atomic mass is 10.1. The molecular weight excluding hydrogens is 343 g/mol. The zero-order chi connectivity index (χ0) is 18.6. The van der Waals surface area contributed by atoms with Crippen LogP contribution in [0, 0.1) is 0 Å². The van der Waals surface area contributed by atoms with Gasteiger partial charge in [0.1, 0.15) is 5.82 Å². The van der Waals surface area contributed by atoms with Gasteiger partial charge < -0.3 is 10.2 Å². The minimum absolute atomic E-state index is 0.0249. The highest BCUT2D eigenvalue weighted by molar-refractivity contribution is 5.98. The summed E-state index contributed by atoms with van der Waals surface area (Å²) in [6.07, 6.45) is 0.530. The number of nitrogens with zero attached hydrogens (tertiary/aromatic N) is 2. The lowest BCUT2D eigenvalue weighted by Gasteiger charge is -2.29. The summed E-state index contributed by atoms with van der Waals surface area (Å²) in [5, 5.41) is 2.70. The van der Waals surface area contributed by atoms with Crippen LogP contribution in [-0.4, -0.2) is 24.0 Å². The van der Waals surface area contributed by atoms with Gasteiger partial charge in [-0.15, -0.1) is 0 Å². The lowest BCUT2D eigenvalue weighted by molar-refractivity contribution is -0.137. The van der Waals surface area contributed by atoms with E-state index in [-0.39, 0.29) is 12.5 Å². The molecule has 1 N–H and O–H groups in total. The van der Waals surface area contributed by atoms with Crippen molar-refractivity contribution in [2.75, 3.05) is 18.0 Å². The molecule has 0 radical (unpaired) electrons. The van der Waals surface area contributed by atoms with Gasteiger partial charge in [-0.25, -0.2) is 4.98 Å². The molecule has 0 unspecified atom stereocenters. The highest BCUT2D eigenvalue weighted by Gasteiger charge is 2.30. The molecule has 1 saturated heterocycles. The van der Waals surface area contributed by atoms with Crippen molar-refractivity contribution in [3.63, 3.8) is 0 Å². The zero-order valence-electron chi connectivity index (χ0n) is 14.2. The Labute approximate surface area is 150 Å². The highest BCUT2D eigenvalue weighted by Crippen LogP contribution is 2.29. The van der Waals surface area contributed by atoms with Gasteiger partial charge in [0.15, 0.2) is 0 Å². The van der Waals surface area contributed by atoms with Crippen molar-refractivity contribution in [2.24, 2.45) is 0 Å². The number of alkyl halides is 3. The molecular formula is C19H20F3N3O. The maximum atomic E-state index is 12.8. The van der Waals surface area contributed by atoms with Crippen molar-refractivity contribution in [3.8, 4) is 0 Å². The predicted octanol–water partition coefficient (Wildman–Crippen LogP) is 4.02. The van der Waals surface area contributed by atoms with Crippen molar-refractivity contribution in [1.82, 2.24) is 10.3 Å². The quantitative estimate of drug-likeness (QED) is 0.892. The van der Waals surface area contributed by atoms with Gasteiger partial charge in [0, 0.05) is 25.8 Å². The number of amides is 1. The van der Waals surface area contributed by atoms with Crippen LogP contribution in [0.4, 0.5) is 19.0 Å². The predicted molar refractivity (Wildman–Crippen MR) is 92.9 cm³/mol. The van der Waals surface area contributed by atoms with Crippen LogP contribution in [0.3, 0.4) is 0 Å². The van der Waals surface area contributed by atoms with E-state index in [4.69, 9.17) is 0 Å². The number of pyridine rings is 1. The normalized spacial score (nSPS) is 15.0. The molecule has 1 amide bonds. The van der Waals surface area contributed by atoms with Crippen LogP contribution < -0.4 is 10.2 Å². The van der Waals surface area contributed by atoms with Crippen LogP contribution in [0.2, 0.25) is 0 Å². The molecule has 1 aromatic carbocycles. The highest BCUT2D eigenvalue weighted by atomic mass is 19.4. The second-order valence-electron chi connectivity index (χ2n) is 6.30. The fourth-order valence-electron chi connectivity index (χ4n) is 3.07. The molecule has 0 bridgehead atoms. The Balaban J connectivity index is 1.71. The number of rotatable bonds is 4. The molecule has 2 aromatic rings. The summed E-state index contributed by atoms with van der Waals surface area (Å²) in [7, 11) is 0. The van der Waals surface area contributed by atoms with Crippen LogP contribution >= 0.6 is 0 Å². The molecule has 1 aliphatic heterocycles. The van der Waals surface area contributed by atoms with Crippen molar-refractivity contribution in [1.29, 1.82) is 0 Å². The SMILES string of the molecule is O=C(NCc1cccc(C(F)(F)F)c1)c1cccnc1N1CCCCC1. The molecule has 0 aliphatic carbocycles. The number of hydrogen-bond donors (Lipinski definition) is 1. The molecule has 0 atom stereocenters. The number of carbonyl (C=O) groups excluding carboxylic acids is 1. The van der Waals surface area contributed by atoms with E-state index in [0.717, 1.165) is 38.1 Å². The number of carbonyl (C=O) groups is 1. The van der Waals surface area contributed by atoms with E-state index in [0.29, 0.717) is 16.9 Å². The third-order valence-corrected chi connectivity index (χ3v) is 4.39. The topological polar surface area (TPSA) is 45.2 Å². The number of benzene rings is 1. The fraction of sp³-hybridized carbons (Fsp3) is 0.368. The maximum Gasteiger partial charge on any atom is 0.416 e. The Bertz CT molecular complexity index is 771. The number of aromatic nitrogens is 1. The van der Waals surface area contributed by atoms with E-state index in [9.17, 15) is 18.0 Å². The first-order chi connectivity index (χ1) is 12.4. The first-order valence-electron chi connectivity index (χ1n) is 8.59. The molecule has 1 fully saturated rings. The number of nitrogens with one attached hydrogen (secondary N) is 1. The van der Waals surface area contributed by atoms with Crippen LogP contribution in [0.15, 0.2) is 42.6 Å². The average Bonchev–Trinajstić information content (AvgIpc) is 2.66. The van der Waals surface area contributed by atoms with E-state index in [1.807, 2.05) is 0 Å². The summed E-state index contributed by atoms with van der Waals surface area (Å²) >= 11 is 0. The number of anilines is 1. The molecule has 138 valence electrons. The Morgan fingerprint density at radius 2 is 1.88 bits per heavy atom. The van der Waals surface area contributed by atoms with E-state index < -0.39 is 11.7 Å². The molecule has 26 heavy (non-hydrogen) atoms. The van der Waals surface area contributed by atoms with Crippen LogP contribution in [-0.2, 0) is 12.7 Å². The van der Waals surface area contributed by atoms with Gasteiger partial charge in [-0.05, 0) is 49.1 Å². The van der Waals surface area contributed by atoms with Crippen molar-refractivity contribution in [3.05, 3.63) is 59.3 Å². The molecule has 2 heterocycles. The van der Waals surface area contributed by atoms with Crippen LogP contribution in [0.5, 0.6) is 0 Å². The van der Waals surface area contributed by atoms with E-state index in [1.165, 1.54) is 12.5 Å². The summed E-state index contributed by atoms with van der Waals surface area (Å²) in [5.41, 5.74) is 0.123. The summed E-state index contributed by atoms with van der Waals surface area (Å²) in [5.74, 6) is 0.296. The van der Waals surface area contributed by atoms with Crippen molar-refractivity contribution >= 4 is 11.7 Å². The van der Waals surface area contributed by atoms with Gasteiger partial charge in [-0.2, -0.15) is 13.2 Å². The number of hydrogen-bond acceptors (Lipinski definition) is 3. The second-order valence-corrected chi connectivity index (χ2v) is 6.30. The Morgan fingerprint density at radius 3 is 2.62 bits per heavy atom. The monoisotopic (exact) mass is 363 g/mol. The van der Waals surface area contributed by atoms with Gasteiger partial charge >= 0.3 is 6.18 Å². The van der Waals surface area contributed by atoms with Gasteiger partial charge in [0.05, 0.1) is 11.1 Å². The number of piperidine rings is 1.